The van der Waals surface area contributed by atoms with Crippen molar-refractivity contribution < 1.29 is 4.79 Å². The van der Waals surface area contributed by atoms with Crippen LogP contribution in [0.1, 0.15) is 23.5 Å². The van der Waals surface area contributed by atoms with Crippen molar-refractivity contribution in [1.29, 1.82) is 0 Å². The van der Waals surface area contributed by atoms with Gasteiger partial charge in [-0.05, 0) is 6.92 Å². The van der Waals surface area contributed by atoms with Gasteiger partial charge in [0.2, 0.25) is 0 Å². The Hall–Kier alpha value is -1.14. The SMILES string of the molecule is C#CCCC(=O)Cc1nc(C)cs1. The quantitative estimate of drug-likeness (QED) is 0.684. The van der Waals surface area contributed by atoms with Gasteiger partial charge < -0.3 is 0 Å². The maximum atomic E-state index is 11.3. The van der Waals surface area contributed by atoms with Crippen LogP contribution < -0.4 is 0 Å². The van der Waals surface area contributed by atoms with E-state index in [9.17, 15) is 4.79 Å². The molecule has 13 heavy (non-hydrogen) atoms. The average Bonchev–Trinajstić information content (AvgIpc) is 2.48. The number of rotatable bonds is 4. The first kappa shape index (κ1) is 9.94. The number of terminal acetylenes is 1. The van der Waals surface area contributed by atoms with Crippen LogP contribution in [-0.2, 0) is 11.2 Å². The second-order valence-corrected chi connectivity index (χ2v) is 3.74. The predicted molar refractivity (Wildman–Crippen MR) is 53.6 cm³/mol. The van der Waals surface area contributed by atoms with Gasteiger partial charge in [-0.15, -0.1) is 23.7 Å². The zero-order chi connectivity index (χ0) is 9.68. The number of ketones is 1. The number of thiazole rings is 1. The van der Waals surface area contributed by atoms with Gasteiger partial charge in [0.05, 0.1) is 6.42 Å². The second-order valence-electron chi connectivity index (χ2n) is 2.80. The van der Waals surface area contributed by atoms with Crippen LogP contribution in [0.3, 0.4) is 0 Å². The Morgan fingerprint density at radius 3 is 3.08 bits per heavy atom. The summed E-state index contributed by atoms with van der Waals surface area (Å²) < 4.78 is 0. The van der Waals surface area contributed by atoms with E-state index in [0.29, 0.717) is 19.3 Å². The summed E-state index contributed by atoms with van der Waals surface area (Å²) in [6, 6.07) is 0. The third-order valence-electron chi connectivity index (χ3n) is 1.56. The molecule has 68 valence electrons. The van der Waals surface area contributed by atoms with Crippen molar-refractivity contribution in [2.75, 3.05) is 0 Å². The molecule has 0 radical (unpaired) electrons. The molecule has 1 aromatic heterocycles. The van der Waals surface area contributed by atoms with Gasteiger partial charge in [0, 0.05) is 23.9 Å². The van der Waals surface area contributed by atoms with E-state index < -0.39 is 0 Å². The first-order valence-corrected chi connectivity index (χ1v) is 4.96. The van der Waals surface area contributed by atoms with Crippen molar-refractivity contribution in [1.82, 2.24) is 4.98 Å². The summed E-state index contributed by atoms with van der Waals surface area (Å²) in [6.07, 6.45) is 6.49. The van der Waals surface area contributed by atoms with Gasteiger partial charge in [-0.25, -0.2) is 4.98 Å². The van der Waals surface area contributed by atoms with Crippen LogP contribution in [0.4, 0.5) is 0 Å². The number of carbonyl (C=O) groups is 1. The molecule has 1 aromatic rings. The molecule has 0 spiro atoms. The van der Waals surface area contributed by atoms with E-state index in [-0.39, 0.29) is 5.78 Å². The minimum atomic E-state index is 0.173. The molecule has 2 nitrogen and oxygen atoms in total. The molecule has 0 atom stereocenters. The normalized spacial score (nSPS) is 9.54. The number of hydrogen-bond donors (Lipinski definition) is 0. The monoisotopic (exact) mass is 193 g/mol. The Labute approximate surface area is 82.0 Å². The molecule has 0 aliphatic rings. The third kappa shape index (κ3) is 3.39. The van der Waals surface area contributed by atoms with Crippen LogP contribution in [0.15, 0.2) is 5.38 Å². The highest BCUT2D eigenvalue weighted by molar-refractivity contribution is 7.09. The first-order valence-electron chi connectivity index (χ1n) is 4.08. The Bertz CT molecular complexity index is 335. The zero-order valence-corrected chi connectivity index (χ0v) is 8.36. The Kier molecular flexibility index (Phi) is 3.66. The fourth-order valence-electron chi connectivity index (χ4n) is 0.953. The lowest BCUT2D eigenvalue weighted by Gasteiger charge is -1.93. The van der Waals surface area contributed by atoms with Crippen molar-refractivity contribution in [3.05, 3.63) is 16.1 Å². The number of hydrogen-bond acceptors (Lipinski definition) is 3. The van der Waals surface area contributed by atoms with Crippen LogP contribution in [-0.4, -0.2) is 10.8 Å². The molecule has 0 saturated carbocycles. The highest BCUT2D eigenvalue weighted by atomic mass is 32.1. The number of carbonyl (C=O) groups excluding carboxylic acids is 1. The van der Waals surface area contributed by atoms with Crippen LogP contribution in [0.2, 0.25) is 0 Å². The van der Waals surface area contributed by atoms with Crippen molar-refractivity contribution >= 4 is 17.1 Å². The van der Waals surface area contributed by atoms with E-state index in [4.69, 9.17) is 6.42 Å². The molecule has 0 aliphatic heterocycles. The number of nitrogens with zero attached hydrogens (tertiary/aromatic N) is 1. The van der Waals surface area contributed by atoms with Crippen LogP contribution in [0.5, 0.6) is 0 Å². The highest BCUT2D eigenvalue weighted by Crippen LogP contribution is 2.10. The maximum Gasteiger partial charge on any atom is 0.140 e. The molecule has 0 aliphatic carbocycles. The van der Waals surface area contributed by atoms with E-state index >= 15 is 0 Å². The fraction of sp³-hybridized carbons (Fsp3) is 0.400. The van der Waals surface area contributed by atoms with Gasteiger partial charge in [-0.3, -0.25) is 4.79 Å². The average molecular weight is 193 g/mol. The summed E-state index contributed by atoms with van der Waals surface area (Å²) in [5, 5.41) is 2.84. The summed E-state index contributed by atoms with van der Waals surface area (Å²) in [6.45, 7) is 1.92. The van der Waals surface area contributed by atoms with Crippen molar-refractivity contribution in [3.8, 4) is 12.3 Å². The van der Waals surface area contributed by atoms with Gasteiger partial charge in [0.1, 0.15) is 10.8 Å². The van der Waals surface area contributed by atoms with E-state index in [1.807, 2.05) is 12.3 Å². The molecule has 0 amide bonds. The van der Waals surface area contributed by atoms with Crippen LogP contribution in [0, 0.1) is 19.3 Å². The van der Waals surface area contributed by atoms with Gasteiger partial charge in [-0.2, -0.15) is 0 Å². The maximum absolute atomic E-state index is 11.3. The molecule has 0 bridgehead atoms. The molecular weight excluding hydrogens is 182 g/mol. The Balaban J connectivity index is 2.41. The Morgan fingerprint density at radius 1 is 1.77 bits per heavy atom. The van der Waals surface area contributed by atoms with Gasteiger partial charge >= 0.3 is 0 Å². The summed E-state index contributed by atoms with van der Waals surface area (Å²) in [5.74, 6) is 2.63. The first-order chi connectivity index (χ1) is 6.22. The number of aryl methyl sites for hydroxylation is 1. The fourth-order valence-corrected chi connectivity index (χ4v) is 1.75. The minimum absolute atomic E-state index is 0.173. The van der Waals surface area contributed by atoms with E-state index in [2.05, 4.69) is 10.9 Å². The van der Waals surface area contributed by atoms with Crippen LogP contribution >= 0.6 is 11.3 Å². The summed E-state index contributed by atoms with van der Waals surface area (Å²) in [4.78, 5) is 15.5. The molecule has 3 heteroatoms. The highest BCUT2D eigenvalue weighted by Gasteiger charge is 2.05. The molecule has 0 fully saturated rings. The molecule has 0 N–H and O–H groups in total. The van der Waals surface area contributed by atoms with Crippen molar-refractivity contribution in [3.63, 3.8) is 0 Å². The summed E-state index contributed by atoms with van der Waals surface area (Å²) in [7, 11) is 0. The minimum Gasteiger partial charge on any atom is -0.299 e. The predicted octanol–water partition coefficient (Wildman–Crippen LogP) is 1.98. The van der Waals surface area contributed by atoms with Crippen molar-refractivity contribution in [2.45, 2.75) is 26.2 Å². The number of Topliss-reactive ketones (excluding diaryl/α,β-unsaturated/α-hetero) is 1. The lowest BCUT2D eigenvalue weighted by molar-refractivity contribution is -0.118. The molecule has 0 aromatic carbocycles. The van der Waals surface area contributed by atoms with Crippen molar-refractivity contribution in [2.24, 2.45) is 0 Å². The molecule has 1 rings (SSSR count). The molecule has 0 saturated heterocycles. The lowest BCUT2D eigenvalue weighted by atomic mass is 10.2. The summed E-state index contributed by atoms with van der Waals surface area (Å²) >= 11 is 1.53. The standard InChI is InChI=1S/C10H11NOS/c1-3-4-5-9(12)6-10-11-8(2)7-13-10/h1,7H,4-6H2,2H3. The molecule has 1 heterocycles. The van der Waals surface area contributed by atoms with E-state index in [0.717, 1.165) is 10.7 Å². The zero-order valence-electron chi connectivity index (χ0n) is 7.54. The molecule has 0 unspecified atom stereocenters. The second kappa shape index (κ2) is 4.78. The van der Waals surface area contributed by atoms with Gasteiger partial charge in [0.25, 0.3) is 0 Å². The lowest BCUT2D eigenvalue weighted by Crippen LogP contribution is -2.01. The van der Waals surface area contributed by atoms with Gasteiger partial charge in [0.15, 0.2) is 0 Å². The Morgan fingerprint density at radius 2 is 2.54 bits per heavy atom. The largest absolute Gasteiger partial charge is 0.299 e. The smallest absolute Gasteiger partial charge is 0.140 e. The number of aromatic nitrogens is 1. The third-order valence-corrected chi connectivity index (χ3v) is 2.53. The molecular formula is C10H11NOS. The summed E-state index contributed by atoms with van der Waals surface area (Å²) in [5.41, 5.74) is 0.977. The topological polar surface area (TPSA) is 30.0 Å². The van der Waals surface area contributed by atoms with E-state index in [1.165, 1.54) is 11.3 Å². The van der Waals surface area contributed by atoms with Crippen LogP contribution in [0.25, 0.3) is 0 Å². The van der Waals surface area contributed by atoms with E-state index in [1.54, 1.807) is 0 Å². The van der Waals surface area contributed by atoms with Gasteiger partial charge in [-0.1, -0.05) is 0 Å².